The van der Waals surface area contributed by atoms with E-state index in [1.54, 1.807) is 6.08 Å². The van der Waals surface area contributed by atoms with Gasteiger partial charge in [-0.1, -0.05) is 6.92 Å². The van der Waals surface area contributed by atoms with Crippen molar-refractivity contribution in [2.24, 2.45) is 5.92 Å². The van der Waals surface area contributed by atoms with Crippen molar-refractivity contribution in [2.45, 2.75) is 26.1 Å². The average Bonchev–Trinajstić information content (AvgIpc) is 2.28. The molecule has 3 nitrogen and oxygen atoms in total. The van der Waals surface area contributed by atoms with Crippen LogP contribution in [0.15, 0.2) is 36.0 Å². The molecule has 0 radical (unpaired) electrons. The minimum Gasteiger partial charge on any atom is -0.406 e. The molecule has 0 bridgehead atoms. The zero-order valence-electron chi connectivity index (χ0n) is 10.8. The topological polar surface area (TPSA) is 38.3 Å². The molecular formula is C14H14F3NO2. The van der Waals surface area contributed by atoms with Crippen molar-refractivity contribution in [3.05, 3.63) is 36.0 Å². The van der Waals surface area contributed by atoms with Crippen LogP contribution in [-0.2, 0) is 4.79 Å². The van der Waals surface area contributed by atoms with Crippen LogP contribution in [0.2, 0.25) is 0 Å². The summed E-state index contributed by atoms with van der Waals surface area (Å²) in [6.07, 6.45) is -1.88. The molecule has 0 saturated carbocycles. The van der Waals surface area contributed by atoms with Gasteiger partial charge in [-0.3, -0.25) is 4.79 Å². The first-order valence-corrected chi connectivity index (χ1v) is 6.18. The number of carbonyl (C=O) groups is 1. The molecule has 0 aromatic heterocycles. The van der Waals surface area contributed by atoms with Gasteiger partial charge in [-0.2, -0.15) is 0 Å². The van der Waals surface area contributed by atoms with E-state index in [2.05, 4.69) is 10.1 Å². The van der Waals surface area contributed by atoms with Gasteiger partial charge < -0.3 is 10.1 Å². The number of carbonyl (C=O) groups excluding carboxylic acids is 1. The van der Waals surface area contributed by atoms with Crippen molar-refractivity contribution in [3.63, 3.8) is 0 Å². The Hall–Kier alpha value is -1.98. The highest BCUT2D eigenvalue weighted by Crippen LogP contribution is 2.26. The summed E-state index contributed by atoms with van der Waals surface area (Å²) in [6, 6.07) is 5.41. The predicted molar refractivity (Wildman–Crippen MR) is 68.2 cm³/mol. The van der Waals surface area contributed by atoms with Gasteiger partial charge in [0, 0.05) is 23.9 Å². The fourth-order valence-corrected chi connectivity index (χ4v) is 2.12. The molecule has 1 atom stereocenters. The Balaban J connectivity index is 2.02. The predicted octanol–water partition coefficient (Wildman–Crippen LogP) is 3.88. The SMILES string of the molecule is CC1CC(=O)C=C(Nc2ccc(OC(F)(F)F)cc2)C1. The number of allylic oxidation sites excluding steroid dienone is 2. The molecule has 0 fully saturated rings. The first-order chi connectivity index (χ1) is 9.32. The maximum absolute atomic E-state index is 12.0. The Labute approximate surface area is 114 Å². The number of anilines is 1. The standard InChI is InChI=1S/C14H14F3NO2/c1-9-6-11(8-12(19)7-9)18-10-2-4-13(5-3-10)20-14(15,16)17/h2-5,8-9,18H,6-7H2,1H3. The summed E-state index contributed by atoms with van der Waals surface area (Å²) in [5, 5.41) is 3.04. The van der Waals surface area contributed by atoms with E-state index >= 15 is 0 Å². The summed E-state index contributed by atoms with van der Waals surface area (Å²) >= 11 is 0. The average molecular weight is 285 g/mol. The molecule has 6 heteroatoms. The lowest BCUT2D eigenvalue weighted by Crippen LogP contribution is -2.17. The van der Waals surface area contributed by atoms with Gasteiger partial charge in [0.05, 0.1) is 0 Å². The van der Waals surface area contributed by atoms with E-state index in [1.807, 2.05) is 6.92 Å². The molecule has 2 rings (SSSR count). The highest BCUT2D eigenvalue weighted by atomic mass is 19.4. The number of ether oxygens (including phenoxy) is 1. The second kappa shape index (κ2) is 5.56. The number of ketones is 1. The van der Waals surface area contributed by atoms with Gasteiger partial charge in [0.25, 0.3) is 0 Å². The van der Waals surface area contributed by atoms with E-state index < -0.39 is 6.36 Å². The van der Waals surface area contributed by atoms with Crippen molar-refractivity contribution in [1.29, 1.82) is 0 Å². The Morgan fingerprint density at radius 3 is 2.40 bits per heavy atom. The van der Waals surface area contributed by atoms with Gasteiger partial charge in [-0.05, 0) is 36.6 Å². The van der Waals surface area contributed by atoms with Crippen molar-refractivity contribution in [3.8, 4) is 5.75 Å². The van der Waals surface area contributed by atoms with Gasteiger partial charge in [0.2, 0.25) is 0 Å². The van der Waals surface area contributed by atoms with E-state index in [4.69, 9.17) is 0 Å². The summed E-state index contributed by atoms with van der Waals surface area (Å²) in [6.45, 7) is 1.98. The van der Waals surface area contributed by atoms with E-state index in [0.717, 1.165) is 12.1 Å². The lowest BCUT2D eigenvalue weighted by molar-refractivity contribution is -0.274. The maximum Gasteiger partial charge on any atom is 0.573 e. The van der Waals surface area contributed by atoms with E-state index in [9.17, 15) is 18.0 Å². The van der Waals surface area contributed by atoms with Crippen LogP contribution in [0.5, 0.6) is 5.75 Å². The molecule has 0 saturated heterocycles. The Kier molecular flexibility index (Phi) is 4.01. The van der Waals surface area contributed by atoms with Gasteiger partial charge in [-0.25, -0.2) is 0 Å². The van der Waals surface area contributed by atoms with Crippen LogP contribution in [0.1, 0.15) is 19.8 Å². The monoisotopic (exact) mass is 285 g/mol. The van der Waals surface area contributed by atoms with E-state index in [0.29, 0.717) is 12.1 Å². The number of benzene rings is 1. The number of alkyl halides is 3. The van der Waals surface area contributed by atoms with E-state index in [1.165, 1.54) is 24.3 Å². The molecule has 0 spiro atoms. The Morgan fingerprint density at radius 1 is 1.20 bits per heavy atom. The summed E-state index contributed by atoms with van der Waals surface area (Å²) in [5.41, 5.74) is 1.39. The first kappa shape index (κ1) is 14.4. The Morgan fingerprint density at radius 2 is 1.85 bits per heavy atom. The van der Waals surface area contributed by atoms with E-state index in [-0.39, 0.29) is 17.5 Å². The molecular weight excluding hydrogens is 271 g/mol. The highest BCUT2D eigenvalue weighted by Gasteiger charge is 2.30. The van der Waals surface area contributed by atoms with Gasteiger partial charge >= 0.3 is 6.36 Å². The first-order valence-electron chi connectivity index (χ1n) is 6.18. The lowest BCUT2D eigenvalue weighted by atomic mass is 9.93. The molecule has 1 aliphatic rings. The molecule has 1 unspecified atom stereocenters. The minimum atomic E-state index is -4.69. The minimum absolute atomic E-state index is 0.0586. The molecule has 1 aliphatic carbocycles. The highest BCUT2D eigenvalue weighted by molar-refractivity contribution is 5.91. The van der Waals surface area contributed by atoms with Crippen LogP contribution in [-0.4, -0.2) is 12.1 Å². The normalized spacial score (nSPS) is 19.5. The molecule has 1 aromatic rings. The van der Waals surface area contributed by atoms with Crippen LogP contribution < -0.4 is 10.1 Å². The van der Waals surface area contributed by atoms with Crippen LogP contribution in [0.25, 0.3) is 0 Å². The molecule has 20 heavy (non-hydrogen) atoms. The molecule has 1 aromatic carbocycles. The molecule has 0 amide bonds. The zero-order valence-corrected chi connectivity index (χ0v) is 10.8. The van der Waals surface area contributed by atoms with Gasteiger partial charge in [0.1, 0.15) is 5.75 Å². The van der Waals surface area contributed by atoms with Gasteiger partial charge in [0.15, 0.2) is 5.78 Å². The van der Waals surface area contributed by atoms with Crippen molar-refractivity contribution in [2.75, 3.05) is 5.32 Å². The summed E-state index contributed by atoms with van der Waals surface area (Å²) in [7, 11) is 0. The Bertz CT molecular complexity index is 520. The number of rotatable bonds is 3. The van der Waals surface area contributed by atoms with Crippen LogP contribution in [0.3, 0.4) is 0 Å². The lowest BCUT2D eigenvalue weighted by Gasteiger charge is -2.19. The fourth-order valence-electron chi connectivity index (χ4n) is 2.12. The largest absolute Gasteiger partial charge is 0.573 e. The van der Waals surface area contributed by atoms with Crippen molar-refractivity contribution >= 4 is 11.5 Å². The summed E-state index contributed by atoms with van der Waals surface area (Å²) < 4.78 is 39.8. The quantitative estimate of drug-likeness (QED) is 0.916. The van der Waals surface area contributed by atoms with Crippen molar-refractivity contribution < 1.29 is 22.7 Å². The third-order valence-electron chi connectivity index (χ3n) is 2.85. The smallest absolute Gasteiger partial charge is 0.406 e. The number of halogens is 3. The zero-order chi connectivity index (χ0) is 14.8. The molecule has 0 aliphatic heterocycles. The molecule has 0 heterocycles. The third kappa shape index (κ3) is 4.29. The van der Waals surface area contributed by atoms with Crippen LogP contribution in [0.4, 0.5) is 18.9 Å². The number of hydrogen-bond acceptors (Lipinski definition) is 3. The number of nitrogens with one attached hydrogen (secondary N) is 1. The molecule has 1 N–H and O–H groups in total. The maximum atomic E-state index is 12.0. The summed E-state index contributed by atoms with van der Waals surface area (Å²) in [5.74, 6) is 0.0521. The third-order valence-corrected chi connectivity index (χ3v) is 2.85. The second-order valence-electron chi connectivity index (χ2n) is 4.85. The van der Waals surface area contributed by atoms with Crippen molar-refractivity contribution in [1.82, 2.24) is 0 Å². The second-order valence-corrected chi connectivity index (χ2v) is 4.85. The van der Waals surface area contributed by atoms with Gasteiger partial charge in [-0.15, -0.1) is 13.2 Å². The molecule has 108 valence electrons. The fraction of sp³-hybridized carbons (Fsp3) is 0.357. The van der Waals surface area contributed by atoms with Crippen LogP contribution >= 0.6 is 0 Å². The number of hydrogen-bond donors (Lipinski definition) is 1. The van der Waals surface area contributed by atoms with Crippen LogP contribution in [0, 0.1) is 5.92 Å². The summed E-state index contributed by atoms with van der Waals surface area (Å²) in [4.78, 5) is 11.4.